The van der Waals surface area contributed by atoms with Crippen molar-refractivity contribution < 1.29 is 19.4 Å². The number of hydrogen-bond acceptors (Lipinski definition) is 6. The highest BCUT2D eigenvalue weighted by Gasteiger charge is 2.47. The van der Waals surface area contributed by atoms with Crippen LogP contribution in [0.25, 0.3) is 5.69 Å². The molecule has 0 spiro atoms. The summed E-state index contributed by atoms with van der Waals surface area (Å²) in [5.41, 5.74) is 0.648. The van der Waals surface area contributed by atoms with E-state index in [-0.39, 0.29) is 5.92 Å². The fourth-order valence-corrected chi connectivity index (χ4v) is 2.31. The molecule has 8 nitrogen and oxygen atoms in total. The highest BCUT2D eigenvalue weighted by Crippen LogP contribution is 2.47. The van der Waals surface area contributed by atoms with Crippen LogP contribution >= 0.6 is 0 Å². The van der Waals surface area contributed by atoms with Gasteiger partial charge < -0.3 is 14.6 Å². The zero-order chi connectivity index (χ0) is 15.0. The summed E-state index contributed by atoms with van der Waals surface area (Å²) in [6.45, 7) is 0. The fourth-order valence-electron chi connectivity index (χ4n) is 2.31. The van der Waals surface area contributed by atoms with E-state index < -0.39 is 11.9 Å². The van der Waals surface area contributed by atoms with Crippen LogP contribution in [0, 0.1) is 5.92 Å². The molecule has 110 valence electrons. The zero-order valence-electron chi connectivity index (χ0n) is 11.6. The van der Waals surface area contributed by atoms with Gasteiger partial charge in [0.25, 0.3) is 0 Å². The van der Waals surface area contributed by atoms with Crippen LogP contribution in [-0.2, 0) is 4.79 Å². The minimum absolute atomic E-state index is 0.163. The lowest BCUT2D eigenvalue weighted by molar-refractivity contribution is -0.138. The van der Waals surface area contributed by atoms with Gasteiger partial charge in [0, 0.05) is 12.0 Å². The van der Waals surface area contributed by atoms with Crippen LogP contribution in [0.15, 0.2) is 18.2 Å². The Morgan fingerprint density at radius 2 is 2.19 bits per heavy atom. The normalized spacial score (nSPS) is 20.1. The number of hydrogen-bond donors (Lipinski definition) is 1. The first-order valence-corrected chi connectivity index (χ1v) is 6.39. The molecular formula is C13H14N4O4. The number of methoxy groups -OCH3 is 2. The summed E-state index contributed by atoms with van der Waals surface area (Å²) in [7, 11) is 3.11. The van der Waals surface area contributed by atoms with Crippen molar-refractivity contribution in [2.45, 2.75) is 12.3 Å². The molecule has 0 radical (unpaired) electrons. The molecule has 1 aliphatic carbocycles. The molecule has 0 aliphatic heterocycles. The SMILES string of the molecule is COc1ccc(-n2nnnc2C2CC2C(=O)O)c(OC)c1. The van der Waals surface area contributed by atoms with Crippen LogP contribution in [0.1, 0.15) is 18.2 Å². The molecule has 3 rings (SSSR count). The lowest BCUT2D eigenvalue weighted by Crippen LogP contribution is -2.07. The Labute approximate surface area is 120 Å². The fraction of sp³-hybridized carbons (Fsp3) is 0.385. The van der Waals surface area contributed by atoms with Gasteiger partial charge in [-0.05, 0) is 29.0 Å². The van der Waals surface area contributed by atoms with Crippen molar-refractivity contribution in [1.29, 1.82) is 0 Å². The Morgan fingerprint density at radius 3 is 2.81 bits per heavy atom. The number of aliphatic carboxylic acids is 1. The summed E-state index contributed by atoms with van der Waals surface area (Å²) < 4.78 is 12.0. The first kappa shape index (κ1) is 13.3. The van der Waals surface area contributed by atoms with E-state index in [4.69, 9.17) is 14.6 Å². The van der Waals surface area contributed by atoms with Crippen LogP contribution in [0.2, 0.25) is 0 Å². The third-order valence-corrected chi connectivity index (χ3v) is 3.55. The molecule has 2 atom stereocenters. The molecule has 0 saturated heterocycles. The van der Waals surface area contributed by atoms with Crippen LogP contribution in [0.5, 0.6) is 11.5 Å². The van der Waals surface area contributed by atoms with Gasteiger partial charge in [-0.2, -0.15) is 4.68 Å². The number of rotatable bonds is 5. The number of carboxylic acid groups (broad SMARTS) is 1. The topological polar surface area (TPSA) is 99.4 Å². The van der Waals surface area contributed by atoms with Crippen molar-refractivity contribution in [2.75, 3.05) is 14.2 Å². The van der Waals surface area contributed by atoms with E-state index in [1.807, 2.05) is 0 Å². The average Bonchev–Trinajstić information content (AvgIpc) is 3.16. The second-order valence-corrected chi connectivity index (χ2v) is 4.77. The Kier molecular flexibility index (Phi) is 3.20. The van der Waals surface area contributed by atoms with Gasteiger partial charge in [0.1, 0.15) is 17.2 Å². The molecule has 1 aromatic carbocycles. The average molecular weight is 290 g/mol. The summed E-state index contributed by atoms with van der Waals surface area (Å²) in [6.07, 6.45) is 0.550. The molecule has 0 amide bonds. The van der Waals surface area contributed by atoms with E-state index in [0.29, 0.717) is 29.4 Å². The molecular weight excluding hydrogens is 276 g/mol. The highest BCUT2D eigenvalue weighted by molar-refractivity contribution is 5.75. The molecule has 8 heteroatoms. The standard InChI is InChI=1S/C13H14N4O4/c1-20-7-3-4-10(11(5-7)21-2)17-12(14-15-16-17)8-6-9(8)13(18)19/h3-5,8-9H,6H2,1-2H3,(H,18,19). The van der Waals surface area contributed by atoms with Crippen molar-refractivity contribution in [3.8, 4) is 17.2 Å². The molecule has 1 heterocycles. The van der Waals surface area contributed by atoms with Crippen molar-refractivity contribution in [3.05, 3.63) is 24.0 Å². The van der Waals surface area contributed by atoms with E-state index in [0.717, 1.165) is 0 Å². The van der Waals surface area contributed by atoms with Gasteiger partial charge in [-0.25, -0.2) is 0 Å². The lowest BCUT2D eigenvalue weighted by Gasteiger charge is -2.11. The number of benzene rings is 1. The predicted octanol–water partition coefficient (Wildman–Crippen LogP) is 0.868. The van der Waals surface area contributed by atoms with E-state index in [1.54, 1.807) is 32.4 Å². The van der Waals surface area contributed by atoms with Gasteiger partial charge in [0.2, 0.25) is 0 Å². The number of nitrogens with zero attached hydrogens (tertiary/aromatic N) is 4. The molecule has 2 unspecified atom stereocenters. The monoisotopic (exact) mass is 290 g/mol. The summed E-state index contributed by atoms with van der Waals surface area (Å²) >= 11 is 0. The maximum atomic E-state index is 11.0. The number of carboxylic acids is 1. The largest absolute Gasteiger partial charge is 0.497 e. The molecule has 1 saturated carbocycles. The maximum Gasteiger partial charge on any atom is 0.307 e. The van der Waals surface area contributed by atoms with Gasteiger partial charge in [0.15, 0.2) is 5.82 Å². The quantitative estimate of drug-likeness (QED) is 0.872. The summed E-state index contributed by atoms with van der Waals surface area (Å²) in [5, 5.41) is 20.6. The van der Waals surface area contributed by atoms with E-state index in [9.17, 15) is 4.79 Å². The number of ether oxygens (including phenoxy) is 2. The summed E-state index contributed by atoms with van der Waals surface area (Å²) in [5.74, 6) is 0.334. The van der Waals surface area contributed by atoms with E-state index in [1.165, 1.54) is 4.68 Å². The second kappa shape index (κ2) is 5.04. The minimum Gasteiger partial charge on any atom is -0.497 e. The van der Waals surface area contributed by atoms with Gasteiger partial charge in [-0.3, -0.25) is 4.79 Å². The number of tetrazole rings is 1. The summed E-state index contributed by atoms with van der Waals surface area (Å²) in [4.78, 5) is 11.0. The highest BCUT2D eigenvalue weighted by atomic mass is 16.5. The zero-order valence-corrected chi connectivity index (χ0v) is 11.6. The van der Waals surface area contributed by atoms with Gasteiger partial charge >= 0.3 is 5.97 Å². The second-order valence-electron chi connectivity index (χ2n) is 4.77. The van der Waals surface area contributed by atoms with Crippen LogP contribution < -0.4 is 9.47 Å². The smallest absolute Gasteiger partial charge is 0.307 e. The Hall–Kier alpha value is -2.64. The van der Waals surface area contributed by atoms with E-state index >= 15 is 0 Å². The van der Waals surface area contributed by atoms with Gasteiger partial charge in [0.05, 0.1) is 20.1 Å². The van der Waals surface area contributed by atoms with Gasteiger partial charge in [-0.15, -0.1) is 5.10 Å². The van der Waals surface area contributed by atoms with Crippen LogP contribution in [-0.4, -0.2) is 45.5 Å². The Balaban J connectivity index is 1.99. The van der Waals surface area contributed by atoms with E-state index in [2.05, 4.69) is 15.5 Å². The van der Waals surface area contributed by atoms with Crippen LogP contribution in [0.4, 0.5) is 0 Å². The molecule has 1 aliphatic rings. The third-order valence-electron chi connectivity index (χ3n) is 3.55. The molecule has 1 fully saturated rings. The lowest BCUT2D eigenvalue weighted by atomic mass is 10.2. The van der Waals surface area contributed by atoms with Crippen molar-refractivity contribution >= 4 is 5.97 Å². The van der Waals surface area contributed by atoms with Crippen molar-refractivity contribution in [2.24, 2.45) is 5.92 Å². The van der Waals surface area contributed by atoms with Crippen molar-refractivity contribution in [3.63, 3.8) is 0 Å². The molecule has 2 aromatic rings. The van der Waals surface area contributed by atoms with Crippen LogP contribution in [0.3, 0.4) is 0 Å². The molecule has 21 heavy (non-hydrogen) atoms. The minimum atomic E-state index is -0.823. The maximum absolute atomic E-state index is 11.0. The number of aromatic nitrogens is 4. The predicted molar refractivity (Wildman–Crippen MR) is 70.7 cm³/mol. The molecule has 1 aromatic heterocycles. The third kappa shape index (κ3) is 2.28. The summed E-state index contributed by atoms with van der Waals surface area (Å²) in [6, 6.07) is 5.27. The molecule has 0 bridgehead atoms. The number of carbonyl (C=O) groups is 1. The van der Waals surface area contributed by atoms with Gasteiger partial charge in [-0.1, -0.05) is 0 Å². The first-order chi connectivity index (χ1) is 10.2. The Morgan fingerprint density at radius 1 is 1.38 bits per heavy atom. The Bertz CT molecular complexity index is 685. The first-order valence-electron chi connectivity index (χ1n) is 6.39. The molecule has 1 N–H and O–H groups in total. The van der Waals surface area contributed by atoms with Crippen molar-refractivity contribution in [1.82, 2.24) is 20.2 Å².